The van der Waals surface area contributed by atoms with Crippen LogP contribution in [0.3, 0.4) is 0 Å². The minimum Gasteiger partial charge on any atom is -0.285 e. The zero-order valence-corrected chi connectivity index (χ0v) is 8.32. The second-order valence-corrected chi connectivity index (χ2v) is 4.85. The molecule has 1 N–H and O–H groups in total. The molecule has 0 spiro atoms. The van der Waals surface area contributed by atoms with Gasteiger partial charge in [0.2, 0.25) is 0 Å². The first-order chi connectivity index (χ1) is 5.89. The van der Waals surface area contributed by atoms with Crippen molar-refractivity contribution in [3.05, 3.63) is 18.0 Å². The summed E-state index contributed by atoms with van der Waals surface area (Å²) >= 11 is 0. The fourth-order valence-corrected chi connectivity index (χ4v) is 1.35. The number of aryl methyl sites for hydroxylation is 1. The molecule has 1 heterocycles. The fraction of sp³-hybridized carbons (Fsp3) is 0.571. The number of nitrogens with zero attached hydrogens (tertiary/aromatic N) is 2. The Bertz CT molecular complexity index is 382. The fourth-order valence-electron chi connectivity index (χ4n) is 0.972. The molecule has 13 heavy (non-hydrogen) atoms. The lowest BCUT2D eigenvalue weighted by Crippen LogP contribution is -2.19. The van der Waals surface area contributed by atoms with Gasteiger partial charge in [-0.2, -0.15) is 13.5 Å². The van der Waals surface area contributed by atoms with Crippen molar-refractivity contribution in [3.8, 4) is 0 Å². The van der Waals surface area contributed by atoms with E-state index in [1.165, 1.54) is 6.92 Å². The quantitative estimate of drug-likeness (QED) is 0.716. The van der Waals surface area contributed by atoms with Crippen LogP contribution in [-0.4, -0.2) is 28.0 Å². The summed E-state index contributed by atoms with van der Waals surface area (Å²) in [6.45, 7) is 1.45. The van der Waals surface area contributed by atoms with E-state index < -0.39 is 15.4 Å². The summed E-state index contributed by atoms with van der Waals surface area (Å²) < 4.78 is 31.6. The van der Waals surface area contributed by atoms with Gasteiger partial charge in [0, 0.05) is 19.7 Å². The van der Waals surface area contributed by atoms with Gasteiger partial charge in [0.25, 0.3) is 10.1 Å². The van der Waals surface area contributed by atoms with Crippen molar-refractivity contribution in [2.45, 2.75) is 18.6 Å². The standard InChI is InChI=1S/C7H12N2O3S/c1-6(13(10,11)12)5-7-3-4-9(2)8-7/h3-4,6H,5H2,1-2H3,(H,10,11,12). The summed E-state index contributed by atoms with van der Waals surface area (Å²) in [5.41, 5.74) is 0.660. The van der Waals surface area contributed by atoms with Crippen LogP contribution in [0.4, 0.5) is 0 Å². The van der Waals surface area contributed by atoms with Crippen LogP contribution in [0.5, 0.6) is 0 Å². The molecular formula is C7H12N2O3S. The molecule has 1 aromatic heterocycles. The second kappa shape index (κ2) is 3.47. The molecule has 0 bridgehead atoms. The summed E-state index contributed by atoms with van der Waals surface area (Å²) in [6, 6.07) is 1.72. The smallest absolute Gasteiger partial charge is 0.267 e. The molecule has 0 saturated carbocycles. The van der Waals surface area contributed by atoms with E-state index in [1.54, 1.807) is 24.0 Å². The summed E-state index contributed by atoms with van der Waals surface area (Å²) in [7, 11) is -2.19. The number of rotatable bonds is 3. The molecule has 0 saturated heterocycles. The molecule has 0 aliphatic rings. The predicted octanol–water partition coefficient (Wildman–Crippen LogP) is 0.239. The van der Waals surface area contributed by atoms with Crippen LogP contribution in [0.25, 0.3) is 0 Å². The van der Waals surface area contributed by atoms with Crippen molar-refractivity contribution in [2.75, 3.05) is 0 Å². The van der Waals surface area contributed by atoms with Crippen molar-refractivity contribution >= 4 is 10.1 Å². The molecule has 0 fully saturated rings. The maximum Gasteiger partial charge on any atom is 0.267 e. The SMILES string of the molecule is CC(Cc1ccn(C)n1)S(=O)(=O)O. The van der Waals surface area contributed by atoms with E-state index in [9.17, 15) is 8.42 Å². The van der Waals surface area contributed by atoms with Gasteiger partial charge in [0.15, 0.2) is 0 Å². The first-order valence-corrected chi connectivity index (χ1v) is 5.35. The molecular weight excluding hydrogens is 192 g/mol. The molecule has 5 nitrogen and oxygen atoms in total. The Morgan fingerprint density at radius 2 is 2.31 bits per heavy atom. The maximum atomic E-state index is 10.7. The van der Waals surface area contributed by atoms with Crippen LogP contribution in [0, 0.1) is 0 Å². The normalized spacial score (nSPS) is 14.4. The highest BCUT2D eigenvalue weighted by Crippen LogP contribution is 2.06. The third kappa shape index (κ3) is 2.82. The van der Waals surface area contributed by atoms with E-state index in [0.29, 0.717) is 5.69 Å². The van der Waals surface area contributed by atoms with Crippen LogP contribution < -0.4 is 0 Å². The largest absolute Gasteiger partial charge is 0.285 e. The number of hydrogen-bond acceptors (Lipinski definition) is 3. The molecule has 0 aromatic carbocycles. The van der Waals surface area contributed by atoms with E-state index in [4.69, 9.17) is 4.55 Å². The topological polar surface area (TPSA) is 72.2 Å². The van der Waals surface area contributed by atoms with Gasteiger partial charge in [0.05, 0.1) is 10.9 Å². The van der Waals surface area contributed by atoms with E-state index in [0.717, 1.165) is 0 Å². The van der Waals surface area contributed by atoms with Crippen molar-refractivity contribution in [1.82, 2.24) is 9.78 Å². The molecule has 1 atom stereocenters. The Labute approximate surface area is 77.1 Å². The molecule has 0 aliphatic heterocycles. The van der Waals surface area contributed by atoms with Crippen LogP contribution in [-0.2, 0) is 23.6 Å². The van der Waals surface area contributed by atoms with Crippen LogP contribution in [0.1, 0.15) is 12.6 Å². The van der Waals surface area contributed by atoms with E-state index in [1.807, 2.05) is 0 Å². The lowest BCUT2D eigenvalue weighted by molar-refractivity contribution is 0.469. The van der Waals surface area contributed by atoms with Crippen LogP contribution in [0.15, 0.2) is 12.3 Å². The molecule has 1 unspecified atom stereocenters. The van der Waals surface area contributed by atoms with Gasteiger partial charge >= 0.3 is 0 Å². The highest BCUT2D eigenvalue weighted by molar-refractivity contribution is 7.86. The summed E-state index contributed by atoms with van der Waals surface area (Å²) in [6.07, 6.45) is 1.96. The molecule has 1 rings (SSSR count). The van der Waals surface area contributed by atoms with Crippen molar-refractivity contribution < 1.29 is 13.0 Å². The molecule has 6 heteroatoms. The van der Waals surface area contributed by atoms with Gasteiger partial charge in [0.1, 0.15) is 0 Å². The Hall–Kier alpha value is -0.880. The van der Waals surface area contributed by atoms with Crippen molar-refractivity contribution in [1.29, 1.82) is 0 Å². The third-order valence-corrected chi connectivity index (χ3v) is 2.96. The highest BCUT2D eigenvalue weighted by Gasteiger charge is 2.18. The lowest BCUT2D eigenvalue weighted by atomic mass is 10.2. The van der Waals surface area contributed by atoms with Gasteiger partial charge < -0.3 is 0 Å². The molecule has 0 aliphatic carbocycles. The van der Waals surface area contributed by atoms with Crippen LogP contribution >= 0.6 is 0 Å². The maximum absolute atomic E-state index is 10.7. The van der Waals surface area contributed by atoms with Gasteiger partial charge in [-0.3, -0.25) is 9.23 Å². The van der Waals surface area contributed by atoms with Gasteiger partial charge in [-0.15, -0.1) is 0 Å². The first-order valence-electron chi connectivity index (χ1n) is 3.84. The minimum atomic E-state index is -3.94. The summed E-state index contributed by atoms with van der Waals surface area (Å²) in [4.78, 5) is 0. The van der Waals surface area contributed by atoms with Crippen molar-refractivity contribution in [2.24, 2.45) is 7.05 Å². The van der Waals surface area contributed by atoms with Gasteiger partial charge in [-0.1, -0.05) is 0 Å². The lowest BCUT2D eigenvalue weighted by Gasteiger charge is -2.04. The number of hydrogen-bond donors (Lipinski definition) is 1. The highest BCUT2D eigenvalue weighted by atomic mass is 32.2. The number of aromatic nitrogens is 2. The monoisotopic (exact) mass is 204 g/mol. The van der Waals surface area contributed by atoms with Crippen molar-refractivity contribution in [3.63, 3.8) is 0 Å². The Balaban J connectivity index is 2.71. The third-order valence-electron chi connectivity index (χ3n) is 1.77. The average molecular weight is 204 g/mol. The Kier molecular flexibility index (Phi) is 2.72. The van der Waals surface area contributed by atoms with Gasteiger partial charge in [-0.05, 0) is 13.0 Å². The molecule has 1 aromatic rings. The summed E-state index contributed by atoms with van der Waals surface area (Å²) in [5, 5.41) is 3.20. The zero-order chi connectivity index (χ0) is 10.1. The Morgan fingerprint density at radius 3 is 2.69 bits per heavy atom. The predicted molar refractivity (Wildman–Crippen MR) is 47.9 cm³/mol. The van der Waals surface area contributed by atoms with E-state index in [-0.39, 0.29) is 6.42 Å². The summed E-state index contributed by atoms with van der Waals surface area (Å²) in [5.74, 6) is 0. The Morgan fingerprint density at radius 1 is 1.69 bits per heavy atom. The molecule has 0 amide bonds. The minimum absolute atomic E-state index is 0.236. The van der Waals surface area contributed by atoms with E-state index in [2.05, 4.69) is 5.10 Å². The molecule has 74 valence electrons. The van der Waals surface area contributed by atoms with Gasteiger partial charge in [-0.25, -0.2) is 0 Å². The van der Waals surface area contributed by atoms with E-state index >= 15 is 0 Å². The first kappa shape index (κ1) is 10.2. The molecule has 0 radical (unpaired) electrons. The zero-order valence-electron chi connectivity index (χ0n) is 7.51. The van der Waals surface area contributed by atoms with Crippen LogP contribution in [0.2, 0.25) is 0 Å². The average Bonchev–Trinajstić information content (AvgIpc) is 2.33. The second-order valence-electron chi connectivity index (χ2n) is 3.01.